The second-order valence-corrected chi connectivity index (χ2v) is 7.80. The summed E-state index contributed by atoms with van der Waals surface area (Å²) in [6.07, 6.45) is 6.28. The Balaban J connectivity index is 1.97. The van der Waals surface area contributed by atoms with Gasteiger partial charge in [-0.15, -0.1) is 0 Å². The molecule has 0 spiro atoms. The smallest absolute Gasteiger partial charge is 0.259 e. The van der Waals surface area contributed by atoms with E-state index in [1.54, 1.807) is 35.4 Å². The topological polar surface area (TPSA) is 61.1 Å². The van der Waals surface area contributed by atoms with Crippen molar-refractivity contribution in [3.8, 4) is 22.5 Å². The first-order valence-corrected chi connectivity index (χ1v) is 10.3. The molecule has 32 heavy (non-hydrogen) atoms. The molecule has 5 nitrogen and oxygen atoms in total. The minimum atomic E-state index is -0.191. The lowest BCUT2D eigenvalue weighted by Crippen LogP contribution is -2.19. The van der Waals surface area contributed by atoms with Crippen LogP contribution in [0, 0.1) is 0 Å². The van der Waals surface area contributed by atoms with E-state index in [2.05, 4.69) is 0 Å². The van der Waals surface area contributed by atoms with Crippen LogP contribution >= 0.6 is 0 Å². The van der Waals surface area contributed by atoms with Gasteiger partial charge in [-0.1, -0.05) is 60.7 Å². The normalized spacial score (nSPS) is 13.3. The molecular weight excluding hydrogens is 400 g/mol. The molecule has 0 aromatic carbocycles. The van der Waals surface area contributed by atoms with E-state index in [1.807, 2.05) is 60.7 Å². The number of carbonyl (C=O) groups excluding carboxylic acids is 1. The number of ketones is 1. The van der Waals surface area contributed by atoms with Crippen LogP contribution in [-0.2, 0) is 18.9 Å². The van der Waals surface area contributed by atoms with Crippen LogP contribution in [0.3, 0.4) is 0 Å². The molecule has 156 valence electrons. The van der Waals surface area contributed by atoms with Crippen molar-refractivity contribution < 1.29 is 4.79 Å². The Hall–Kier alpha value is -4.25. The van der Waals surface area contributed by atoms with E-state index in [0.717, 1.165) is 22.5 Å². The van der Waals surface area contributed by atoms with Crippen LogP contribution in [0.5, 0.6) is 0 Å². The molecule has 0 saturated heterocycles. The molecule has 2 aliphatic heterocycles. The highest BCUT2D eigenvalue weighted by Gasteiger charge is 2.29. The molecule has 3 aliphatic carbocycles. The molecular formula is C27H20N2O3. The summed E-state index contributed by atoms with van der Waals surface area (Å²) in [5.74, 6) is -0.133. The second-order valence-electron chi connectivity index (χ2n) is 7.80. The van der Waals surface area contributed by atoms with E-state index < -0.39 is 0 Å². The molecule has 0 N–H and O–H groups in total. The molecule has 0 amide bonds. The van der Waals surface area contributed by atoms with Gasteiger partial charge in [-0.3, -0.25) is 14.4 Å². The summed E-state index contributed by atoms with van der Waals surface area (Å²) in [5, 5.41) is 0. The Kier molecular flexibility index (Phi) is 4.59. The van der Waals surface area contributed by atoms with Crippen molar-refractivity contribution in [2.45, 2.75) is 0 Å². The van der Waals surface area contributed by atoms with E-state index >= 15 is 0 Å². The van der Waals surface area contributed by atoms with Crippen molar-refractivity contribution in [2.24, 2.45) is 14.1 Å². The van der Waals surface area contributed by atoms with E-state index in [-0.39, 0.29) is 16.9 Å². The van der Waals surface area contributed by atoms with Crippen LogP contribution in [0.25, 0.3) is 28.1 Å². The number of nitrogens with zero attached hydrogens (tertiary/aromatic N) is 2. The van der Waals surface area contributed by atoms with Crippen LogP contribution < -0.4 is 11.1 Å². The number of rotatable bonds is 2. The molecule has 0 aromatic heterocycles. The van der Waals surface area contributed by atoms with E-state index in [9.17, 15) is 14.4 Å². The van der Waals surface area contributed by atoms with Gasteiger partial charge in [-0.25, -0.2) is 0 Å². The van der Waals surface area contributed by atoms with Crippen LogP contribution in [0.1, 0.15) is 11.1 Å². The van der Waals surface area contributed by atoms with Gasteiger partial charge in [0, 0.05) is 30.8 Å². The number of fused-ring (bicyclic) bond motifs is 2. The second kappa shape index (κ2) is 7.46. The van der Waals surface area contributed by atoms with Gasteiger partial charge in [0.2, 0.25) is 0 Å². The summed E-state index contributed by atoms with van der Waals surface area (Å²) < 4.78 is 3.20. The maximum atomic E-state index is 13.5. The number of aromatic nitrogens is 2. The number of hydrogen-bond donors (Lipinski definition) is 0. The molecule has 0 aromatic rings. The van der Waals surface area contributed by atoms with E-state index in [4.69, 9.17) is 0 Å². The van der Waals surface area contributed by atoms with Gasteiger partial charge in [0.25, 0.3) is 11.1 Å². The summed E-state index contributed by atoms with van der Waals surface area (Å²) in [4.78, 5) is 38.9. The molecule has 5 heteroatoms. The maximum absolute atomic E-state index is 13.5. The summed E-state index contributed by atoms with van der Waals surface area (Å²) in [5.41, 5.74) is 4.75. The zero-order valence-electron chi connectivity index (χ0n) is 17.7. The van der Waals surface area contributed by atoms with Crippen LogP contribution in [0.4, 0.5) is 0 Å². The highest BCUT2D eigenvalue weighted by atomic mass is 16.1. The number of allylic oxidation sites excluding steroid dienone is 5. The molecule has 0 atom stereocenters. The Morgan fingerprint density at radius 3 is 1.50 bits per heavy atom. The Morgan fingerprint density at radius 1 is 0.594 bits per heavy atom. The lowest BCUT2D eigenvalue weighted by Gasteiger charge is -2.12. The molecule has 5 aliphatic rings. The fraction of sp³-hybridized carbons (Fsp3) is 0.0741. The predicted molar refractivity (Wildman–Crippen MR) is 126 cm³/mol. The fourth-order valence-corrected chi connectivity index (χ4v) is 4.39. The minimum absolute atomic E-state index is 0.133. The summed E-state index contributed by atoms with van der Waals surface area (Å²) >= 11 is 0. The summed E-state index contributed by atoms with van der Waals surface area (Å²) in [6, 6.07) is 18.9. The van der Waals surface area contributed by atoms with E-state index in [0.29, 0.717) is 22.3 Å². The third kappa shape index (κ3) is 2.90. The first-order chi connectivity index (χ1) is 15.5. The lowest BCUT2D eigenvalue weighted by molar-refractivity contribution is -0.110. The van der Waals surface area contributed by atoms with Crippen molar-refractivity contribution in [2.75, 3.05) is 0 Å². The van der Waals surface area contributed by atoms with Gasteiger partial charge in [0.05, 0.1) is 22.5 Å². The highest BCUT2D eigenvalue weighted by Crippen LogP contribution is 2.38. The molecule has 0 saturated carbocycles. The minimum Gasteiger partial charge on any atom is -0.311 e. The molecule has 2 heterocycles. The van der Waals surface area contributed by atoms with Gasteiger partial charge < -0.3 is 9.13 Å². The zero-order chi connectivity index (χ0) is 22.4. The number of carbonyl (C=O) groups is 1. The molecule has 0 fully saturated rings. The van der Waals surface area contributed by atoms with Gasteiger partial charge in [0.1, 0.15) is 0 Å². The van der Waals surface area contributed by atoms with Gasteiger partial charge in [0.15, 0.2) is 5.78 Å². The van der Waals surface area contributed by atoms with Crippen molar-refractivity contribution in [1.82, 2.24) is 9.13 Å². The van der Waals surface area contributed by atoms with E-state index in [1.165, 1.54) is 12.2 Å². The summed E-state index contributed by atoms with van der Waals surface area (Å²) in [6.45, 7) is 0. The van der Waals surface area contributed by atoms with Crippen molar-refractivity contribution in [3.05, 3.63) is 122 Å². The van der Waals surface area contributed by atoms with Crippen molar-refractivity contribution >= 4 is 11.4 Å². The largest absolute Gasteiger partial charge is 0.311 e. The quantitative estimate of drug-likeness (QED) is 0.496. The predicted octanol–water partition coefficient (Wildman–Crippen LogP) is 3.79. The summed E-state index contributed by atoms with van der Waals surface area (Å²) in [7, 11) is 3.46. The molecule has 5 rings (SSSR count). The molecule has 0 unspecified atom stereocenters. The third-order valence-corrected chi connectivity index (χ3v) is 5.97. The third-order valence-electron chi connectivity index (χ3n) is 5.97. The van der Waals surface area contributed by atoms with Gasteiger partial charge in [-0.2, -0.15) is 0 Å². The Morgan fingerprint density at radius 2 is 1.03 bits per heavy atom. The number of hydrogen-bond acceptors (Lipinski definition) is 3. The van der Waals surface area contributed by atoms with Gasteiger partial charge >= 0.3 is 0 Å². The lowest BCUT2D eigenvalue weighted by atomic mass is 9.88. The van der Waals surface area contributed by atoms with Crippen LogP contribution in [0.15, 0.2) is 100 Å². The fourth-order valence-electron chi connectivity index (χ4n) is 4.39. The highest BCUT2D eigenvalue weighted by molar-refractivity contribution is 6.04. The van der Waals surface area contributed by atoms with Crippen molar-refractivity contribution in [1.29, 1.82) is 0 Å². The standard InChI is InChI=1S/C27H20N2O3/c1-28-21-11-7-3-5-9-19(21)24(26(28)31)23(17-13-15-18(30)16-14-17)25-20-10-6-4-8-12-22(20)29(2)27(25)32/h3-16H,1-2H3. The average Bonchev–Trinajstić information content (AvgIpc) is 3.04. The average molecular weight is 420 g/mol. The maximum Gasteiger partial charge on any atom is 0.259 e. The Bertz CT molecular complexity index is 1430. The monoisotopic (exact) mass is 420 g/mol. The molecule has 0 radical (unpaired) electrons. The Labute approximate surface area is 184 Å². The van der Waals surface area contributed by atoms with Gasteiger partial charge in [-0.05, 0) is 29.9 Å². The first-order valence-electron chi connectivity index (χ1n) is 10.3. The van der Waals surface area contributed by atoms with Crippen LogP contribution in [0.2, 0.25) is 0 Å². The molecule has 0 bridgehead atoms. The first kappa shape index (κ1) is 19.7. The van der Waals surface area contributed by atoms with Crippen molar-refractivity contribution in [3.63, 3.8) is 0 Å². The van der Waals surface area contributed by atoms with Crippen LogP contribution in [-0.4, -0.2) is 14.9 Å². The zero-order valence-corrected chi connectivity index (χ0v) is 17.7. The SMILES string of the molecule is Cn1c2cccccc-2c(C(=C2C=CC(=O)C=C2)c2c3cccccc-3n(C)c2=O)c1=O.